The van der Waals surface area contributed by atoms with Crippen molar-refractivity contribution in [3.63, 3.8) is 0 Å². The zero-order chi connectivity index (χ0) is 16.5. The third-order valence-electron chi connectivity index (χ3n) is 3.63. The van der Waals surface area contributed by atoms with E-state index in [1.54, 1.807) is 0 Å². The van der Waals surface area contributed by atoms with E-state index in [2.05, 4.69) is 5.32 Å². The minimum absolute atomic E-state index is 0.115. The van der Waals surface area contributed by atoms with Gasteiger partial charge < -0.3 is 10.4 Å². The van der Waals surface area contributed by atoms with Crippen LogP contribution in [-0.4, -0.2) is 17.0 Å². The van der Waals surface area contributed by atoms with Gasteiger partial charge in [-0.05, 0) is 24.0 Å². The van der Waals surface area contributed by atoms with Crippen LogP contribution in [-0.2, 0) is 16.0 Å². The Labute approximate surface area is 136 Å². The van der Waals surface area contributed by atoms with Gasteiger partial charge in [-0.25, -0.2) is 0 Å². The second-order valence-corrected chi connectivity index (χ2v) is 5.47. The van der Waals surface area contributed by atoms with Crippen LogP contribution in [0, 0.1) is 0 Å². The highest BCUT2D eigenvalue weighted by Gasteiger charge is 2.17. The minimum Gasteiger partial charge on any atom is -0.481 e. The molecule has 0 radical (unpaired) electrons. The van der Waals surface area contributed by atoms with E-state index in [-0.39, 0.29) is 12.3 Å². The van der Waals surface area contributed by atoms with E-state index in [0.717, 1.165) is 18.4 Å². The molecular weight excluding hydrogens is 290 g/mol. The van der Waals surface area contributed by atoms with Crippen molar-refractivity contribution in [3.8, 4) is 0 Å². The first-order valence-electron chi connectivity index (χ1n) is 7.75. The second-order valence-electron chi connectivity index (χ2n) is 5.47. The van der Waals surface area contributed by atoms with Crippen molar-refractivity contribution in [2.24, 2.45) is 0 Å². The highest BCUT2D eigenvalue weighted by Crippen LogP contribution is 2.17. The average molecular weight is 311 g/mol. The van der Waals surface area contributed by atoms with E-state index in [9.17, 15) is 9.59 Å². The van der Waals surface area contributed by atoms with Gasteiger partial charge in [0.15, 0.2) is 0 Å². The summed E-state index contributed by atoms with van der Waals surface area (Å²) in [7, 11) is 0. The molecule has 0 fully saturated rings. The van der Waals surface area contributed by atoms with Gasteiger partial charge in [0.25, 0.3) is 0 Å². The molecule has 0 aliphatic heterocycles. The number of rotatable bonds is 8. The highest BCUT2D eigenvalue weighted by molar-refractivity contribution is 5.77. The number of nitrogens with one attached hydrogen (secondary N) is 1. The molecule has 0 aliphatic carbocycles. The summed E-state index contributed by atoms with van der Waals surface area (Å²) in [6.45, 7) is 0. The van der Waals surface area contributed by atoms with E-state index in [4.69, 9.17) is 5.11 Å². The van der Waals surface area contributed by atoms with Crippen molar-refractivity contribution in [1.29, 1.82) is 0 Å². The Morgan fingerprint density at radius 1 is 0.957 bits per heavy atom. The maximum absolute atomic E-state index is 12.1. The van der Waals surface area contributed by atoms with Crippen molar-refractivity contribution < 1.29 is 14.7 Å². The van der Waals surface area contributed by atoms with Crippen LogP contribution in [0.3, 0.4) is 0 Å². The van der Waals surface area contributed by atoms with Crippen molar-refractivity contribution in [1.82, 2.24) is 5.32 Å². The molecule has 0 bridgehead atoms. The molecule has 4 nitrogen and oxygen atoms in total. The lowest BCUT2D eigenvalue weighted by Crippen LogP contribution is -2.30. The SMILES string of the molecule is O=C(O)CC(NC(=O)CCCc1ccccc1)c1ccccc1. The molecule has 0 aliphatic rings. The van der Waals surface area contributed by atoms with Gasteiger partial charge in [0.2, 0.25) is 5.91 Å². The normalized spacial score (nSPS) is 11.7. The Balaban J connectivity index is 1.86. The van der Waals surface area contributed by atoms with E-state index in [0.29, 0.717) is 6.42 Å². The first-order chi connectivity index (χ1) is 11.1. The fourth-order valence-electron chi connectivity index (χ4n) is 2.48. The summed E-state index contributed by atoms with van der Waals surface area (Å²) in [5, 5.41) is 11.9. The molecular formula is C19H21NO3. The molecule has 0 saturated carbocycles. The number of carbonyl (C=O) groups excluding carboxylic acids is 1. The average Bonchev–Trinajstić information content (AvgIpc) is 2.56. The van der Waals surface area contributed by atoms with Gasteiger partial charge in [-0.3, -0.25) is 9.59 Å². The van der Waals surface area contributed by atoms with Gasteiger partial charge in [-0.2, -0.15) is 0 Å². The molecule has 2 aromatic carbocycles. The number of hydrogen-bond acceptors (Lipinski definition) is 2. The molecule has 1 amide bonds. The molecule has 2 N–H and O–H groups in total. The van der Waals surface area contributed by atoms with E-state index < -0.39 is 12.0 Å². The Kier molecular flexibility index (Phi) is 6.36. The molecule has 1 atom stereocenters. The lowest BCUT2D eigenvalue weighted by atomic mass is 10.0. The number of carboxylic acid groups (broad SMARTS) is 1. The van der Waals surface area contributed by atoms with Crippen LogP contribution >= 0.6 is 0 Å². The number of carbonyl (C=O) groups is 2. The Morgan fingerprint density at radius 2 is 1.57 bits per heavy atom. The number of carboxylic acids is 1. The predicted octanol–water partition coefficient (Wildman–Crippen LogP) is 3.34. The molecule has 4 heteroatoms. The van der Waals surface area contributed by atoms with Crippen LogP contribution in [0.25, 0.3) is 0 Å². The summed E-state index contributed by atoms with van der Waals surface area (Å²) in [5.41, 5.74) is 2.01. The number of aryl methyl sites for hydroxylation is 1. The molecule has 0 spiro atoms. The maximum atomic E-state index is 12.1. The Morgan fingerprint density at radius 3 is 2.17 bits per heavy atom. The van der Waals surface area contributed by atoms with Crippen molar-refractivity contribution in [3.05, 3.63) is 71.8 Å². The summed E-state index contributed by atoms with van der Waals surface area (Å²) in [6.07, 6.45) is 1.85. The number of amides is 1. The molecule has 23 heavy (non-hydrogen) atoms. The monoisotopic (exact) mass is 311 g/mol. The van der Waals surface area contributed by atoms with Crippen molar-refractivity contribution in [2.45, 2.75) is 31.7 Å². The van der Waals surface area contributed by atoms with E-state index >= 15 is 0 Å². The standard InChI is InChI=1S/C19H21NO3/c21-18(13-7-10-15-8-3-1-4-9-15)20-17(14-19(22)23)16-11-5-2-6-12-16/h1-6,8-9,11-12,17H,7,10,13-14H2,(H,20,21)(H,22,23). The topological polar surface area (TPSA) is 66.4 Å². The van der Waals surface area contributed by atoms with Crippen molar-refractivity contribution in [2.75, 3.05) is 0 Å². The lowest BCUT2D eigenvalue weighted by molar-refractivity contribution is -0.137. The maximum Gasteiger partial charge on any atom is 0.305 e. The third kappa shape index (κ3) is 5.94. The largest absolute Gasteiger partial charge is 0.481 e. The van der Waals surface area contributed by atoms with Crippen molar-refractivity contribution >= 4 is 11.9 Å². The highest BCUT2D eigenvalue weighted by atomic mass is 16.4. The van der Waals surface area contributed by atoms with Crippen LogP contribution in [0.5, 0.6) is 0 Å². The second kappa shape index (κ2) is 8.73. The molecule has 0 heterocycles. The Hall–Kier alpha value is -2.62. The van der Waals surface area contributed by atoms with Crippen LogP contribution in [0.4, 0.5) is 0 Å². The summed E-state index contributed by atoms with van der Waals surface area (Å²) in [6, 6.07) is 18.7. The van der Waals surface area contributed by atoms with Crippen LogP contribution in [0.2, 0.25) is 0 Å². The van der Waals surface area contributed by atoms with Gasteiger partial charge in [0.1, 0.15) is 0 Å². The molecule has 120 valence electrons. The number of aliphatic carboxylic acids is 1. The number of hydrogen-bond donors (Lipinski definition) is 2. The first-order valence-corrected chi connectivity index (χ1v) is 7.75. The Bertz CT molecular complexity index is 626. The van der Waals surface area contributed by atoms with E-state index in [1.165, 1.54) is 5.56 Å². The molecule has 0 saturated heterocycles. The van der Waals surface area contributed by atoms with Crippen LogP contribution in [0.1, 0.15) is 36.4 Å². The fraction of sp³-hybridized carbons (Fsp3) is 0.263. The first kappa shape index (κ1) is 16.7. The lowest BCUT2D eigenvalue weighted by Gasteiger charge is -2.17. The van der Waals surface area contributed by atoms with Crippen LogP contribution in [0.15, 0.2) is 60.7 Å². The zero-order valence-electron chi connectivity index (χ0n) is 12.9. The predicted molar refractivity (Wildman–Crippen MR) is 89.0 cm³/mol. The molecule has 2 aromatic rings. The molecule has 2 rings (SSSR count). The minimum atomic E-state index is -0.927. The smallest absolute Gasteiger partial charge is 0.305 e. The summed E-state index contributed by atoms with van der Waals surface area (Å²) >= 11 is 0. The van der Waals surface area contributed by atoms with Gasteiger partial charge in [-0.1, -0.05) is 60.7 Å². The van der Waals surface area contributed by atoms with Crippen LogP contribution < -0.4 is 5.32 Å². The third-order valence-corrected chi connectivity index (χ3v) is 3.63. The summed E-state index contributed by atoms with van der Waals surface area (Å²) in [4.78, 5) is 23.1. The molecule has 1 unspecified atom stereocenters. The quantitative estimate of drug-likeness (QED) is 0.785. The van der Waals surface area contributed by atoms with Gasteiger partial charge >= 0.3 is 5.97 Å². The summed E-state index contributed by atoms with van der Waals surface area (Å²) < 4.78 is 0. The molecule has 0 aromatic heterocycles. The van der Waals surface area contributed by atoms with Gasteiger partial charge in [-0.15, -0.1) is 0 Å². The van der Waals surface area contributed by atoms with Gasteiger partial charge in [0, 0.05) is 6.42 Å². The fourth-order valence-corrected chi connectivity index (χ4v) is 2.48. The zero-order valence-corrected chi connectivity index (χ0v) is 12.9. The number of benzene rings is 2. The summed E-state index contributed by atoms with van der Waals surface area (Å²) in [5.74, 6) is -1.04. The van der Waals surface area contributed by atoms with E-state index in [1.807, 2.05) is 60.7 Å². The van der Waals surface area contributed by atoms with Gasteiger partial charge in [0.05, 0.1) is 12.5 Å².